The fourth-order valence-corrected chi connectivity index (χ4v) is 1.47. The van der Waals surface area contributed by atoms with Gasteiger partial charge < -0.3 is 20.5 Å². The van der Waals surface area contributed by atoms with Crippen molar-refractivity contribution < 1.29 is 23.8 Å². The number of aliphatic hydroxyl groups excluding tert-OH is 1. The monoisotopic (exact) mass is 270 g/mol. The molecule has 7 heteroatoms. The van der Waals surface area contributed by atoms with Crippen molar-refractivity contribution in [3.63, 3.8) is 0 Å². The van der Waals surface area contributed by atoms with Gasteiger partial charge in [-0.2, -0.15) is 0 Å². The molecule has 0 fully saturated rings. The van der Waals surface area contributed by atoms with E-state index < -0.39 is 30.3 Å². The van der Waals surface area contributed by atoms with Crippen molar-refractivity contribution in [1.29, 1.82) is 0 Å². The first-order valence-corrected chi connectivity index (χ1v) is 5.44. The number of anilines is 1. The minimum absolute atomic E-state index is 0.0380. The molecule has 0 saturated heterocycles. The number of carbonyl (C=O) groups is 2. The number of methoxy groups -OCH3 is 1. The second-order valence-corrected chi connectivity index (χ2v) is 3.84. The van der Waals surface area contributed by atoms with Gasteiger partial charge in [0, 0.05) is 7.05 Å². The topological polar surface area (TPSA) is 92.9 Å². The molecule has 3 N–H and O–H groups in total. The molecular formula is C12H15FN2O4. The maximum Gasteiger partial charge on any atom is 0.337 e. The highest BCUT2D eigenvalue weighted by Crippen LogP contribution is 2.20. The Kier molecular flexibility index (Phi) is 4.96. The number of hydrogen-bond acceptors (Lipinski definition) is 5. The van der Waals surface area contributed by atoms with E-state index in [-0.39, 0.29) is 11.3 Å². The van der Waals surface area contributed by atoms with Crippen LogP contribution in [0.5, 0.6) is 0 Å². The Bertz CT molecular complexity index is 493. The third kappa shape index (κ3) is 3.27. The predicted molar refractivity (Wildman–Crippen MR) is 66.2 cm³/mol. The van der Waals surface area contributed by atoms with Gasteiger partial charge in [0.15, 0.2) is 0 Å². The molecule has 0 aliphatic rings. The highest BCUT2D eigenvalue weighted by Gasteiger charge is 2.21. The maximum atomic E-state index is 13.8. The average Bonchev–Trinajstić information content (AvgIpc) is 2.43. The minimum atomic E-state index is -1.12. The number of carbonyl (C=O) groups excluding carboxylic acids is 2. The summed E-state index contributed by atoms with van der Waals surface area (Å²) in [7, 11) is 2.51. The number of halogens is 1. The molecule has 0 heterocycles. The molecule has 1 atom stereocenters. The zero-order chi connectivity index (χ0) is 14.6. The first-order chi connectivity index (χ1) is 8.92. The fraction of sp³-hybridized carbons (Fsp3) is 0.333. The Morgan fingerprint density at radius 1 is 1.53 bits per heavy atom. The molecule has 6 nitrogen and oxygen atoms in total. The van der Waals surface area contributed by atoms with Crippen LogP contribution in [0.3, 0.4) is 0 Å². The van der Waals surface area contributed by atoms with E-state index in [1.54, 1.807) is 0 Å². The van der Waals surface area contributed by atoms with Crippen molar-refractivity contribution in [1.82, 2.24) is 0 Å². The van der Waals surface area contributed by atoms with E-state index in [4.69, 9.17) is 10.8 Å². The Balaban J connectivity index is 3.02. The molecule has 0 unspecified atom stereocenters. The van der Waals surface area contributed by atoms with Crippen molar-refractivity contribution in [3.05, 3.63) is 29.6 Å². The second-order valence-electron chi connectivity index (χ2n) is 3.84. The molecule has 104 valence electrons. The number of benzene rings is 1. The van der Waals surface area contributed by atoms with Gasteiger partial charge in [-0.3, -0.25) is 4.79 Å². The van der Waals surface area contributed by atoms with Gasteiger partial charge in [-0.1, -0.05) is 0 Å². The van der Waals surface area contributed by atoms with Crippen LogP contribution in [0, 0.1) is 5.82 Å². The van der Waals surface area contributed by atoms with Crippen LogP contribution in [0.15, 0.2) is 18.2 Å². The first kappa shape index (κ1) is 15.1. The van der Waals surface area contributed by atoms with E-state index >= 15 is 0 Å². The van der Waals surface area contributed by atoms with Crippen LogP contribution >= 0.6 is 0 Å². The van der Waals surface area contributed by atoms with Crippen LogP contribution in [0.25, 0.3) is 0 Å². The summed E-state index contributed by atoms with van der Waals surface area (Å²) in [5, 5.41) is 8.79. The SMILES string of the molecule is COC(=O)c1ccc(N(C)C(=O)[C@@H](N)CO)c(F)c1. The van der Waals surface area contributed by atoms with Gasteiger partial charge in [0.1, 0.15) is 11.9 Å². The fourth-order valence-electron chi connectivity index (χ4n) is 1.47. The summed E-state index contributed by atoms with van der Waals surface area (Å²) in [6.45, 7) is -0.537. The molecule has 0 aliphatic heterocycles. The Morgan fingerprint density at radius 2 is 2.16 bits per heavy atom. The predicted octanol–water partition coefficient (Wildman–Crippen LogP) is -0.105. The van der Waals surface area contributed by atoms with Crippen LogP contribution in [-0.4, -0.2) is 43.8 Å². The lowest BCUT2D eigenvalue weighted by molar-refractivity contribution is -0.120. The van der Waals surface area contributed by atoms with E-state index in [0.717, 1.165) is 11.0 Å². The number of nitrogens with two attached hydrogens (primary N) is 1. The molecule has 1 amide bonds. The largest absolute Gasteiger partial charge is 0.465 e. The van der Waals surface area contributed by atoms with Crippen LogP contribution in [0.2, 0.25) is 0 Å². The van der Waals surface area contributed by atoms with Gasteiger partial charge in [0.2, 0.25) is 5.91 Å². The average molecular weight is 270 g/mol. The molecule has 1 rings (SSSR count). The molecule has 1 aromatic rings. The van der Waals surface area contributed by atoms with Crippen LogP contribution < -0.4 is 10.6 Å². The Hall–Kier alpha value is -1.99. The molecule has 0 radical (unpaired) electrons. The summed E-state index contributed by atoms with van der Waals surface area (Å²) in [6, 6.07) is 2.45. The number of likely N-dealkylation sites (N-methyl/N-ethyl adjacent to an activating group) is 1. The molecule has 0 bridgehead atoms. The number of nitrogens with zero attached hydrogens (tertiary/aromatic N) is 1. The standard InChI is InChI=1S/C12H15FN2O4/c1-15(11(17)9(14)6-16)10-4-3-7(5-8(10)13)12(18)19-2/h3-5,9,16H,6,14H2,1-2H3/t9-/m0/s1. The zero-order valence-corrected chi connectivity index (χ0v) is 10.6. The van der Waals surface area contributed by atoms with Gasteiger partial charge in [0.25, 0.3) is 0 Å². The smallest absolute Gasteiger partial charge is 0.337 e. The number of hydrogen-bond donors (Lipinski definition) is 2. The highest BCUT2D eigenvalue weighted by molar-refractivity contribution is 5.97. The van der Waals surface area contributed by atoms with Crippen molar-refractivity contribution in [2.75, 3.05) is 25.7 Å². The summed E-state index contributed by atoms with van der Waals surface area (Å²) in [5.74, 6) is -2.07. The van der Waals surface area contributed by atoms with Crippen LogP contribution in [-0.2, 0) is 9.53 Å². The van der Waals surface area contributed by atoms with Crippen LogP contribution in [0.1, 0.15) is 10.4 Å². The summed E-state index contributed by atoms with van der Waals surface area (Å²) in [6.07, 6.45) is 0. The molecule has 1 aromatic carbocycles. The van der Waals surface area contributed by atoms with Gasteiger partial charge in [-0.15, -0.1) is 0 Å². The lowest BCUT2D eigenvalue weighted by atomic mass is 10.1. The maximum absolute atomic E-state index is 13.8. The van der Waals surface area contributed by atoms with Crippen molar-refractivity contribution in [3.8, 4) is 0 Å². The minimum Gasteiger partial charge on any atom is -0.465 e. The Labute approximate surface area is 109 Å². The number of esters is 1. The molecule has 0 saturated carbocycles. The number of amides is 1. The number of rotatable bonds is 4. The summed E-state index contributed by atoms with van der Waals surface area (Å²) in [5.41, 5.74) is 5.36. The molecule has 0 aromatic heterocycles. The third-order valence-corrected chi connectivity index (χ3v) is 2.57. The quantitative estimate of drug-likeness (QED) is 0.745. The number of ether oxygens (including phenoxy) is 1. The summed E-state index contributed by atoms with van der Waals surface area (Å²) < 4.78 is 18.3. The highest BCUT2D eigenvalue weighted by atomic mass is 19.1. The first-order valence-electron chi connectivity index (χ1n) is 5.44. The van der Waals surface area contributed by atoms with Crippen molar-refractivity contribution >= 4 is 17.6 Å². The summed E-state index contributed by atoms with van der Waals surface area (Å²) in [4.78, 5) is 23.9. The van der Waals surface area contributed by atoms with Gasteiger partial charge in [0.05, 0.1) is 25.0 Å². The summed E-state index contributed by atoms with van der Waals surface area (Å²) >= 11 is 0. The van der Waals surface area contributed by atoms with E-state index in [1.807, 2.05) is 0 Å². The van der Waals surface area contributed by atoms with E-state index in [1.165, 1.54) is 26.3 Å². The van der Waals surface area contributed by atoms with Gasteiger partial charge >= 0.3 is 5.97 Å². The normalized spacial score (nSPS) is 11.8. The zero-order valence-electron chi connectivity index (χ0n) is 10.6. The molecule has 0 aliphatic carbocycles. The molecule has 0 spiro atoms. The van der Waals surface area contributed by atoms with E-state index in [0.29, 0.717) is 0 Å². The Morgan fingerprint density at radius 3 is 2.63 bits per heavy atom. The van der Waals surface area contributed by atoms with Crippen LogP contribution in [0.4, 0.5) is 10.1 Å². The third-order valence-electron chi connectivity index (χ3n) is 2.57. The van der Waals surface area contributed by atoms with Crippen molar-refractivity contribution in [2.45, 2.75) is 6.04 Å². The molecule has 19 heavy (non-hydrogen) atoms. The lowest BCUT2D eigenvalue weighted by Crippen LogP contribution is -2.44. The lowest BCUT2D eigenvalue weighted by Gasteiger charge is -2.21. The van der Waals surface area contributed by atoms with Crippen molar-refractivity contribution in [2.24, 2.45) is 5.73 Å². The second kappa shape index (κ2) is 6.26. The number of aliphatic hydroxyl groups is 1. The van der Waals surface area contributed by atoms with Gasteiger partial charge in [-0.05, 0) is 18.2 Å². The van der Waals surface area contributed by atoms with E-state index in [2.05, 4.69) is 4.74 Å². The van der Waals surface area contributed by atoms with Gasteiger partial charge in [-0.25, -0.2) is 9.18 Å². The molecular weight excluding hydrogens is 255 g/mol. The van der Waals surface area contributed by atoms with E-state index in [9.17, 15) is 14.0 Å².